The van der Waals surface area contributed by atoms with Crippen molar-refractivity contribution in [2.45, 2.75) is 51.6 Å². The molecule has 0 aliphatic carbocycles. The first-order chi connectivity index (χ1) is 12.1. The fraction of sp³-hybridized carbons (Fsp3) is 0.526. The molecule has 0 spiro atoms. The summed E-state index contributed by atoms with van der Waals surface area (Å²) in [6.45, 7) is 6.70. The first kappa shape index (κ1) is 16.7. The van der Waals surface area contributed by atoms with Crippen molar-refractivity contribution in [3.63, 3.8) is 0 Å². The molecule has 0 aromatic carbocycles. The number of hydrogen-bond acceptors (Lipinski definition) is 5. The minimum atomic E-state index is 0.121. The van der Waals surface area contributed by atoms with E-state index in [0.29, 0.717) is 18.5 Å². The molecule has 2 aromatic rings. The molecule has 1 fully saturated rings. The number of nitrogens with zero attached hydrogens (tertiary/aromatic N) is 3. The Morgan fingerprint density at radius 2 is 2.32 bits per heavy atom. The van der Waals surface area contributed by atoms with E-state index < -0.39 is 0 Å². The number of amides is 1. The minimum Gasteiger partial charge on any atom is -0.334 e. The maximum Gasteiger partial charge on any atom is 0.255 e. The Morgan fingerprint density at radius 3 is 3.04 bits per heavy atom. The van der Waals surface area contributed by atoms with E-state index in [9.17, 15) is 4.79 Å². The van der Waals surface area contributed by atoms with Crippen LogP contribution in [0.15, 0.2) is 17.6 Å². The van der Waals surface area contributed by atoms with Crippen molar-refractivity contribution in [3.05, 3.63) is 45.2 Å². The normalized spacial score (nSPS) is 20.1. The lowest BCUT2D eigenvalue weighted by atomic mass is 10.1. The molecule has 5 nitrogen and oxygen atoms in total. The van der Waals surface area contributed by atoms with Gasteiger partial charge in [-0.05, 0) is 31.4 Å². The molecule has 1 N–H and O–H groups in total. The number of fused-ring (bicyclic) bond motifs is 1. The summed E-state index contributed by atoms with van der Waals surface area (Å²) in [4.78, 5) is 25.3. The first-order valence-corrected chi connectivity index (χ1v) is 9.95. The van der Waals surface area contributed by atoms with E-state index in [-0.39, 0.29) is 5.91 Å². The van der Waals surface area contributed by atoms with Gasteiger partial charge in [-0.2, -0.15) is 0 Å². The average Bonchev–Trinajstić information content (AvgIpc) is 3.32. The number of thiophene rings is 1. The fourth-order valence-corrected chi connectivity index (χ4v) is 4.43. The van der Waals surface area contributed by atoms with Crippen molar-refractivity contribution in [2.75, 3.05) is 13.1 Å². The second-order valence-electron chi connectivity index (χ2n) is 7.22. The Labute approximate surface area is 152 Å². The van der Waals surface area contributed by atoms with Gasteiger partial charge in [-0.1, -0.05) is 13.8 Å². The van der Waals surface area contributed by atoms with Crippen molar-refractivity contribution in [2.24, 2.45) is 0 Å². The van der Waals surface area contributed by atoms with Gasteiger partial charge in [0.2, 0.25) is 0 Å². The summed E-state index contributed by atoms with van der Waals surface area (Å²) in [6, 6.07) is 2.34. The Hall–Kier alpha value is -1.79. The Bertz CT molecular complexity index is 779. The van der Waals surface area contributed by atoms with Crippen LogP contribution in [0, 0.1) is 0 Å². The summed E-state index contributed by atoms with van der Waals surface area (Å²) < 4.78 is 0. The van der Waals surface area contributed by atoms with E-state index in [1.807, 2.05) is 22.5 Å². The number of aromatic nitrogens is 2. The summed E-state index contributed by atoms with van der Waals surface area (Å²) in [6.07, 6.45) is 5.03. The molecule has 4 rings (SSSR count). The van der Waals surface area contributed by atoms with Gasteiger partial charge >= 0.3 is 0 Å². The smallest absolute Gasteiger partial charge is 0.255 e. The topological polar surface area (TPSA) is 58.1 Å². The molecule has 0 saturated carbocycles. The fourth-order valence-electron chi connectivity index (χ4n) is 3.53. The van der Waals surface area contributed by atoms with Crippen molar-refractivity contribution in [3.8, 4) is 0 Å². The molecule has 2 aromatic heterocycles. The van der Waals surface area contributed by atoms with Gasteiger partial charge in [0, 0.05) is 41.5 Å². The molecule has 132 valence electrons. The van der Waals surface area contributed by atoms with Crippen LogP contribution in [0.1, 0.15) is 71.0 Å². The largest absolute Gasteiger partial charge is 0.334 e. The van der Waals surface area contributed by atoms with E-state index in [2.05, 4.69) is 24.1 Å². The van der Waals surface area contributed by atoms with Gasteiger partial charge in [-0.15, -0.1) is 11.3 Å². The van der Waals surface area contributed by atoms with Gasteiger partial charge in [0.25, 0.3) is 5.91 Å². The Balaban J connectivity index is 1.49. The molecule has 25 heavy (non-hydrogen) atoms. The molecule has 1 saturated heterocycles. The summed E-state index contributed by atoms with van der Waals surface area (Å²) in [5.74, 6) is 1.50. The predicted octanol–water partition coefficient (Wildman–Crippen LogP) is 3.28. The molecule has 2 aliphatic rings. The highest BCUT2D eigenvalue weighted by Gasteiger charge is 2.26. The van der Waals surface area contributed by atoms with Crippen LogP contribution in [-0.4, -0.2) is 33.9 Å². The number of carbonyl (C=O) groups excluding carboxylic acids is 1. The maximum absolute atomic E-state index is 12.8. The van der Waals surface area contributed by atoms with Crippen molar-refractivity contribution in [1.82, 2.24) is 20.2 Å². The molecule has 6 heteroatoms. The van der Waals surface area contributed by atoms with Crippen LogP contribution in [0.4, 0.5) is 0 Å². The molecule has 1 amide bonds. The highest BCUT2D eigenvalue weighted by atomic mass is 32.1. The highest BCUT2D eigenvalue weighted by molar-refractivity contribution is 7.10. The Morgan fingerprint density at radius 1 is 1.44 bits per heavy atom. The van der Waals surface area contributed by atoms with Gasteiger partial charge in [0.05, 0.1) is 17.3 Å². The standard InChI is InChI=1S/C19H24N4OS/c1-12(2)17-8-13(11-25-17)19(24)23-7-5-15-14(10-23)9-21-18(22-15)16-4-3-6-20-16/h8-9,11-12,16,20H,3-7,10H2,1-2H3/t16-/m0/s1. The molecular formula is C19H24N4OS. The van der Waals surface area contributed by atoms with Crippen LogP contribution in [0.25, 0.3) is 0 Å². The predicted molar refractivity (Wildman–Crippen MR) is 98.9 cm³/mol. The van der Waals surface area contributed by atoms with Gasteiger partial charge in [0.1, 0.15) is 5.82 Å². The van der Waals surface area contributed by atoms with E-state index >= 15 is 0 Å². The third kappa shape index (κ3) is 3.33. The van der Waals surface area contributed by atoms with Gasteiger partial charge < -0.3 is 10.2 Å². The number of nitrogens with one attached hydrogen (secondary N) is 1. The zero-order valence-corrected chi connectivity index (χ0v) is 15.6. The molecular weight excluding hydrogens is 332 g/mol. The van der Waals surface area contributed by atoms with Crippen molar-refractivity contribution in [1.29, 1.82) is 0 Å². The van der Waals surface area contributed by atoms with Crippen LogP contribution in [0.2, 0.25) is 0 Å². The lowest BCUT2D eigenvalue weighted by Crippen LogP contribution is -2.36. The summed E-state index contributed by atoms with van der Waals surface area (Å²) in [5, 5.41) is 5.44. The third-order valence-corrected chi connectivity index (χ3v) is 6.28. The van der Waals surface area contributed by atoms with E-state index in [4.69, 9.17) is 4.98 Å². The van der Waals surface area contributed by atoms with Crippen LogP contribution in [0.5, 0.6) is 0 Å². The quantitative estimate of drug-likeness (QED) is 0.917. The Kier molecular flexibility index (Phi) is 4.56. The summed E-state index contributed by atoms with van der Waals surface area (Å²) in [7, 11) is 0. The van der Waals surface area contributed by atoms with E-state index in [1.54, 1.807) is 11.3 Å². The van der Waals surface area contributed by atoms with Crippen molar-refractivity contribution >= 4 is 17.2 Å². The lowest BCUT2D eigenvalue weighted by molar-refractivity contribution is 0.0733. The van der Waals surface area contributed by atoms with Crippen molar-refractivity contribution < 1.29 is 4.79 Å². The zero-order valence-electron chi connectivity index (χ0n) is 14.8. The van der Waals surface area contributed by atoms with E-state index in [0.717, 1.165) is 48.6 Å². The maximum atomic E-state index is 12.8. The first-order valence-electron chi connectivity index (χ1n) is 9.07. The zero-order chi connectivity index (χ0) is 17.4. The van der Waals surface area contributed by atoms with Gasteiger partial charge in [-0.3, -0.25) is 4.79 Å². The van der Waals surface area contributed by atoms with Crippen LogP contribution >= 0.6 is 11.3 Å². The third-order valence-electron chi connectivity index (χ3n) is 5.05. The molecule has 1 atom stereocenters. The lowest BCUT2D eigenvalue weighted by Gasteiger charge is -2.28. The summed E-state index contributed by atoms with van der Waals surface area (Å²) in [5.41, 5.74) is 3.00. The molecule has 4 heterocycles. The molecule has 0 bridgehead atoms. The minimum absolute atomic E-state index is 0.121. The van der Waals surface area contributed by atoms with Gasteiger partial charge in [-0.25, -0.2) is 9.97 Å². The average molecular weight is 356 g/mol. The summed E-state index contributed by atoms with van der Waals surface area (Å²) >= 11 is 1.67. The molecule has 0 unspecified atom stereocenters. The van der Waals surface area contributed by atoms with Crippen LogP contribution in [0.3, 0.4) is 0 Å². The monoisotopic (exact) mass is 356 g/mol. The van der Waals surface area contributed by atoms with Crippen LogP contribution in [-0.2, 0) is 13.0 Å². The molecule has 2 aliphatic heterocycles. The number of hydrogen-bond donors (Lipinski definition) is 1. The van der Waals surface area contributed by atoms with Gasteiger partial charge in [0.15, 0.2) is 0 Å². The highest BCUT2D eigenvalue weighted by Crippen LogP contribution is 2.26. The SMILES string of the molecule is CC(C)c1cc(C(=O)N2CCc3nc([C@@H]4CCCN4)ncc3C2)cs1. The molecule has 0 radical (unpaired) electrons. The number of carbonyl (C=O) groups is 1. The van der Waals surface area contributed by atoms with E-state index in [1.165, 1.54) is 11.3 Å². The second-order valence-corrected chi connectivity index (χ2v) is 8.16. The second kappa shape index (κ2) is 6.84. The number of rotatable bonds is 3. The van der Waals surface area contributed by atoms with Crippen LogP contribution < -0.4 is 5.32 Å².